The first kappa shape index (κ1) is 15.0. The van der Waals surface area contributed by atoms with Gasteiger partial charge < -0.3 is 10.1 Å². The molecule has 0 fully saturated rings. The SMILES string of the molecule is CCNC(c1ccc(Cl)c(Cl)c1)c1ccc(OC)nn1. The Morgan fingerprint density at radius 2 is 1.95 bits per heavy atom. The monoisotopic (exact) mass is 311 g/mol. The van der Waals surface area contributed by atoms with E-state index in [1.807, 2.05) is 25.1 Å². The van der Waals surface area contributed by atoms with Crippen LogP contribution < -0.4 is 10.1 Å². The van der Waals surface area contributed by atoms with Crippen LogP contribution in [0.2, 0.25) is 10.0 Å². The molecule has 0 amide bonds. The van der Waals surface area contributed by atoms with Crippen LogP contribution in [0.1, 0.15) is 24.2 Å². The van der Waals surface area contributed by atoms with Crippen molar-refractivity contribution in [2.24, 2.45) is 0 Å². The molecule has 0 aliphatic rings. The number of nitrogens with one attached hydrogen (secondary N) is 1. The zero-order valence-electron chi connectivity index (χ0n) is 11.2. The van der Waals surface area contributed by atoms with E-state index in [0.29, 0.717) is 15.9 Å². The second kappa shape index (κ2) is 6.88. The van der Waals surface area contributed by atoms with Crippen LogP contribution in [0.4, 0.5) is 0 Å². The molecule has 1 atom stereocenters. The van der Waals surface area contributed by atoms with Crippen molar-refractivity contribution >= 4 is 23.2 Å². The van der Waals surface area contributed by atoms with Crippen LogP contribution in [-0.4, -0.2) is 23.9 Å². The zero-order chi connectivity index (χ0) is 14.5. The number of nitrogens with zero attached hydrogens (tertiary/aromatic N) is 2. The average molecular weight is 312 g/mol. The maximum atomic E-state index is 6.08. The van der Waals surface area contributed by atoms with Gasteiger partial charge in [-0.15, -0.1) is 10.2 Å². The summed E-state index contributed by atoms with van der Waals surface area (Å²) in [6.45, 7) is 2.82. The summed E-state index contributed by atoms with van der Waals surface area (Å²) in [5.41, 5.74) is 1.78. The van der Waals surface area contributed by atoms with Crippen LogP contribution >= 0.6 is 23.2 Å². The summed E-state index contributed by atoms with van der Waals surface area (Å²) in [6, 6.07) is 9.11. The van der Waals surface area contributed by atoms with E-state index in [-0.39, 0.29) is 6.04 Å². The largest absolute Gasteiger partial charge is 0.480 e. The number of aromatic nitrogens is 2. The van der Waals surface area contributed by atoms with Gasteiger partial charge in [-0.3, -0.25) is 0 Å². The van der Waals surface area contributed by atoms with E-state index in [1.165, 1.54) is 0 Å². The van der Waals surface area contributed by atoms with Crippen molar-refractivity contribution in [2.45, 2.75) is 13.0 Å². The van der Waals surface area contributed by atoms with Crippen LogP contribution in [0, 0.1) is 0 Å². The van der Waals surface area contributed by atoms with Gasteiger partial charge in [0, 0.05) is 6.07 Å². The summed E-state index contributed by atoms with van der Waals surface area (Å²) in [4.78, 5) is 0. The van der Waals surface area contributed by atoms with Crippen molar-refractivity contribution in [3.63, 3.8) is 0 Å². The van der Waals surface area contributed by atoms with Gasteiger partial charge in [0.25, 0.3) is 0 Å². The highest BCUT2D eigenvalue weighted by Gasteiger charge is 2.16. The van der Waals surface area contributed by atoms with Gasteiger partial charge in [-0.1, -0.05) is 36.2 Å². The Morgan fingerprint density at radius 3 is 2.50 bits per heavy atom. The summed E-state index contributed by atoms with van der Waals surface area (Å²) in [5.74, 6) is 0.484. The fourth-order valence-corrected chi connectivity index (χ4v) is 2.19. The third kappa shape index (κ3) is 3.39. The lowest BCUT2D eigenvalue weighted by molar-refractivity contribution is 0.390. The highest BCUT2D eigenvalue weighted by molar-refractivity contribution is 6.42. The number of benzene rings is 1. The molecule has 2 rings (SSSR count). The molecule has 0 aliphatic heterocycles. The third-order valence-electron chi connectivity index (χ3n) is 2.85. The quantitative estimate of drug-likeness (QED) is 0.918. The van der Waals surface area contributed by atoms with Crippen LogP contribution in [0.15, 0.2) is 30.3 Å². The molecule has 1 unspecified atom stereocenters. The Bertz CT molecular complexity index is 575. The van der Waals surface area contributed by atoms with E-state index >= 15 is 0 Å². The molecule has 106 valence electrons. The summed E-state index contributed by atoms with van der Waals surface area (Å²) in [6.07, 6.45) is 0. The molecule has 0 bridgehead atoms. The number of hydrogen-bond donors (Lipinski definition) is 1. The van der Waals surface area contributed by atoms with Crippen molar-refractivity contribution in [3.8, 4) is 5.88 Å². The highest BCUT2D eigenvalue weighted by Crippen LogP contribution is 2.28. The van der Waals surface area contributed by atoms with E-state index in [0.717, 1.165) is 17.8 Å². The van der Waals surface area contributed by atoms with Gasteiger partial charge in [0.1, 0.15) is 0 Å². The number of halogens is 2. The molecular weight excluding hydrogens is 297 g/mol. The minimum absolute atomic E-state index is 0.0897. The Hall–Kier alpha value is -1.36. The fraction of sp³-hybridized carbons (Fsp3) is 0.286. The summed E-state index contributed by atoms with van der Waals surface area (Å²) >= 11 is 12.0. The predicted molar refractivity (Wildman–Crippen MR) is 80.6 cm³/mol. The average Bonchev–Trinajstić information content (AvgIpc) is 2.48. The lowest BCUT2D eigenvalue weighted by atomic mass is 10.0. The normalized spacial score (nSPS) is 12.2. The predicted octanol–water partition coefficient (Wildman–Crippen LogP) is 3.49. The Morgan fingerprint density at radius 1 is 1.15 bits per heavy atom. The van der Waals surface area contributed by atoms with Gasteiger partial charge in [-0.05, 0) is 30.3 Å². The second-order valence-electron chi connectivity index (χ2n) is 4.16. The van der Waals surface area contributed by atoms with E-state index in [2.05, 4.69) is 15.5 Å². The van der Waals surface area contributed by atoms with E-state index in [1.54, 1.807) is 19.2 Å². The smallest absolute Gasteiger partial charge is 0.233 e. The molecule has 0 saturated carbocycles. The van der Waals surface area contributed by atoms with Crippen molar-refractivity contribution in [1.82, 2.24) is 15.5 Å². The molecule has 6 heteroatoms. The summed E-state index contributed by atoms with van der Waals surface area (Å²) in [5, 5.41) is 12.6. The van der Waals surface area contributed by atoms with Crippen molar-refractivity contribution in [3.05, 3.63) is 51.6 Å². The van der Waals surface area contributed by atoms with Crippen molar-refractivity contribution in [1.29, 1.82) is 0 Å². The molecular formula is C14H15Cl2N3O. The molecule has 1 aromatic carbocycles. The molecule has 20 heavy (non-hydrogen) atoms. The van der Waals surface area contributed by atoms with Crippen molar-refractivity contribution < 1.29 is 4.74 Å². The summed E-state index contributed by atoms with van der Waals surface area (Å²) in [7, 11) is 1.56. The minimum atomic E-state index is -0.0897. The lowest BCUT2D eigenvalue weighted by Crippen LogP contribution is -2.23. The van der Waals surface area contributed by atoms with Crippen LogP contribution in [-0.2, 0) is 0 Å². The van der Waals surface area contributed by atoms with Crippen LogP contribution in [0.5, 0.6) is 5.88 Å². The zero-order valence-corrected chi connectivity index (χ0v) is 12.7. The molecule has 1 heterocycles. The van der Waals surface area contributed by atoms with E-state index in [9.17, 15) is 0 Å². The first-order chi connectivity index (χ1) is 9.65. The van der Waals surface area contributed by atoms with Gasteiger partial charge in [-0.25, -0.2) is 0 Å². The number of hydrogen-bond acceptors (Lipinski definition) is 4. The first-order valence-electron chi connectivity index (χ1n) is 6.21. The van der Waals surface area contributed by atoms with Gasteiger partial charge >= 0.3 is 0 Å². The fourth-order valence-electron chi connectivity index (χ4n) is 1.88. The van der Waals surface area contributed by atoms with E-state index < -0.39 is 0 Å². The molecule has 1 N–H and O–H groups in total. The molecule has 1 aromatic heterocycles. The second-order valence-corrected chi connectivity index (χ2v) is 4.98. The molecule has 0 radical (unpaired) electrons. The molecule has 0 saturated heterocycles. The van der Waals surface area contributed by atoms with Gasteiger partial charge in [0.2, 0.25) is 5.88 Å². The maximum Gasteiger partial charge on any atom is 0.233 e. The Kier molecular flexibility index (Phi) is 5.17. The molecule has 4 nitrogen and oxygen atoms in total. The highest BCUT2D eigenvalue weighted by atomic mass is 35.5. The van der Waals surface area contributed by atoms with E-state index in [4.69, 9.17) is 27.9 Å². The number of methoxy groups -OCH3 is 1. The van der Waals surface area contributed by atoms with Gasteiger partial charge in [-0.2, -0.15) is 0 Å². The molecule has 0 spiro atoms. The minimum Gasteiger partial charge on any atom is -0.480 e. The van der Waals surface area contributed by atoms with Gasteiger partial charge in [0.15, 0.2) is 0 Å². The third-order valence-corrected chi connectivity index (χ3v) is 3.59. The van der Waals surface area contributed by atoms with Crippen LogP contribution in [0.3, 0.4) is 0 Å². The lowest BCUT2D eigenvalue weighted by Gasteiger charge is -2.18. The Labute approximate surface area is 128 Å². The number of ether oxygens (including phenoxy) is 1. The Balaban J connectivity index is 2.35. The number of rotatable bonds is 5. The molecule has 0 aliphatic carbocycles. The van der Waals surface area contributed by atoms with Gasteiger partial charge in [0.05, 0.1) is 28.9 Å². The maximum absolute atomic E-state index is 6.08. The molecule has 2 aromatic rings. The first-order valence-corrected chi connectivity index (χ1v) is 6.97. The summed E-state index contributed by atoms with van der Waals surface area (Å²) < 4.78 is 5.02. The van der Waals surface area contributed by atoms with Crippen molar-refractivity contribution in [2.75, 3.05) is 13.7 Å². The standard InChI is InChI=1S/C14H15Cl2N3O/c1-3-17-14(9-4-5-10(15)11(16)8-9)12-6-7-13(20-2)19-18-12/h4-8,14,17H,3H2,1-2H3. The van der Waals surface area contributed by atoms with Crippen LogP contribution in [0.25, 0.3) is 0 Å². The topological polar surface area (TPSA) is 47.0 Å².